The Bertz CT molecular complexity index is 553. The second-order valence-corrected chi connectivity index (χ2v) is 4.10. The van der Waals surface area contributed by atoms with Crippen LogP contribution in [-0.4, -0.2) is 17.1 Å². The Morgan fingerprint density at radius 3 is 2.78 bits per heavy atom. The summed E-state index contributed by atoms with van der Waals surface area (Å²) in [4.78, 5) is 8.55. The Kier molecular flexibility index (Phi) is 2.82. The van der Waals surface area contributed by atoms with E-state index in [4.69, 9.17) is 4.74 Å². The lowest BCUT2D eigenvalue weighted by Gasteiger charge is -2.09. The van der Waals surface area contributed by atoms with Crippen molar-refractivity contribution in [2.45, 2.75) is 13.1 Å². The highest BCUT2D eigenvalue weighted by Crippen LogP contribution is 2.24. The number of nitrogens with one attached hydrogen (secondary N) is 2. The molecule has 0 unspecified atom stereocenters. The number of nitrogens with zero attached hydrogens (tertiary/aromatic N) is 2. The molecule has 3 rings (SSSR count). The first-order chi connectivity index (χ1) is 8.86. The van der Waals surface area contributed by atoms with Crippen molar-refractivity contribution in [1.29, 1.82) is 0 Å². The van der Waals surface area contributed by atoms with Crippen LogP contribution in [0.4, 0.5) is 11.5 Å². The van der Waals surface area contributed by atoms with Gasteiger partial charge in [-0.2, -0.15) is 0 Å². The molecule has 2 N–H and O–H groups in total. The Hall–Kier alpha value is -2.14. The average Bonchev–Trinajstić information content (AvgIpc) is 2.89. The zero-order chi connectivity index (χ0) is 12.4. The smallest absolute Gasteiger partial charge is 0.138 e. The van der Waals surface area contributed by atoms with Crippen molar-refractivity contribution in [2.24, 2.45) is 0 Å². The van der Waals surface area contributed by atoms with Gasteiger partial charge < -0.3 is 15.4 Å². The summed E-state index contributed by atoms with van der Waals surface area (Å²) in [5.74, 6) is 1.71. The van der Waals surface area contributed by atoms with E-state index in [-0.39, 0.29) is 0 Å². The predicted octanol–water partition coefficient (Wildman–Crippen LogP) is 1.83. The highest BCUT2D eigenvalue weighted by Gasteiger charge is 2.16. The largest absolute Gasteiger partial charge is 0.497 e. The number of benzene rings is 1. The van der Waals surface area contributed by atoms with Gasteiger partial charge in [0.25, 0.3) is 0 Å². The molecule has 0 fully saturated rings. The quantitative estimate of drug-likeness (QED) is 0.860. The van der Waals surface area contributed by atoms with E-state index in [9.17, 15) is 0 Å². The van der Waals surface area contributed by atoms with Gasteiger partial charge in [0, 0.05) is 24.3 Å². The summed E-state index contributed by atoms with van der Waals surface area (Å²) in [6.07, 6.45) is 1.59. The maximum absolute atomic E-state index is 5.13. The van der Waals surface area contributed by atoms with E-state index in [1.807, 2.05) is 24.3 Å². The molecule has 0 radical (unpaired) electrons. The van der Waals surface area contributed by atoms with Crippen LogP contribution < -0.4 is 15.4 Å². The van der Waals surface area contributed by atoms with Crippen LogP contribution in [-0.2, 0) is 13.1 Å². The van der Waals surface area contributed by atoms with Crippen LogP contribution in [0.5, 0.6) is 5.75 Å². The number of ether oxygens (including phenoxy) is 1. The fourth-order valence-corrected chi connectivity index (χ4v) is 2.01. The molecule has 0 aliphatic carbocycles. The van der Waals surface area contributed by atoms with Gasteiger partial charge in [0.05, 0.1) is 12.8 Å². The van der Waals surface area contributed by atoms with Gasteiger partial charge in [0.2, 0.25) is 0 Å². The van der Waals surface area contributed by atoms with Gasteiger partial charge in [-0.05, 0) is 24.3 Å². The number of fused-ring (bicyclic) bond motifs is 1. The number of anilines is 2. The summed E-state index contributed by atoms with van der Waals surface area (Å²) in [6, 6.07) is 7.77. The third-order valence-corrected chi connectivity index (χ3v) is 2.98. The third-order valence-electron chi connectivity index (χ3n) is 2.98. The van der Waals surface area contributed by atoms with E-state index in [1.54, 1.807) is 13.4 Å². The highest BCUT2D eigenvalue weighted by atomic mass is 16.5. The van der Waals surface area contributed by atoms with E-state index in [0.717, 1.165) is 41.6 Å². The fourth-order valence-electron chi connectivity index (χ4n) is 2.01. The second kappa shape index (κ2) is 4.62. The molecule has 1 aliphatic heterocycles. The lowest BCUT2D eigenvalue weighted by molar-refractivity contribution is 0.415. The van der Waals surface area contributed by atoms with Crippen molar-refractivity contribution in [3.63, 3.8) is 0 Å². The normalized spacial score (nSPS) is 13.2. The monoisotopic (exact) mass is 242 g/mol. The Labute approximate surface area is 105 Å². The molecule has 0 amide bonds. The fraction of sp³-hybridized carbons (Fsp3) is 0.231. The van der Waals surface area contributed by atoms with Crippen molar-refractivity contribution < 1.29 is 4.74 Å². The van der Waals surface area contributed by atoms with Crippen LogP contribution in [0.15, 0.2) is 30.6 Å². The van der Waals surface area contributed by atoms with E-state index in [2.05, 4.69) is 20.6 Å². The van der Waals surface area contributed by atoms with Gasteiger partial charge in [-0.25, -0.2) is 9.97 Å². The molecular formula is C13H14N4O. The number of aromatic nitrogens is 2. The maximum atomic E-state index is 5.13. The first-order valence-corrected chi connectivity index (χ1v) is 5.81. The van der Waals surface area contributed by atoms with Gasteiger partial charge in [-0.3, -0.25) is 0 Å². The summed E-state index contributed by atoms with van der Waals surface area (Å²) in [6.45, 7) is 1.63. The van der Waals surface area contributed by atoms with Gasteiger partial charge >= 0.3 is 0 Å². The molecule has 5 nitrogen and oxygen atoms in total. The van der Waals surface area contributed by atoms with Crippen LogP contribution in [0.3, 0.4) is 0 Å². The summed E-state index contributed by atoms with van der Waals surface area (Å²) < 4.78 is 5.13. The minimum Gasteiger partial charge on any atom is -0.497 e. The van der Waals surface area contributed by atoms with Crippen molar-refractivity contribution in [1.82, 2.24) is 15.3 Å². The molecule has 0 saturated heterocycles. The molecule has 0 spiro atoms. The minimum absolute atomic E-state index is 0.814. The van der Waals surface area contributed by atoms with E-state index in [0.29, 0.717) is 0 Å². The van der Waals surface area contributed by atoms with Crippen LogP contribution in [0.2, 0.25) is 0 Å². The van der Waals surface area contributed by atoms with E-state index in [1.165, 1.54) is 0 Å². The zero-order valence-electron chi connectivity index (χ0n) is 10.1. The molecule has 0 bridgehead atoms. The van der Waals surface area contributed by atoms with Gasteiger partial charge in [0.1, 0.15) is 17.9 Å². The van der Waals surface area contributed by atoms with Crippen molar-refractivity contribution in [3.8, 4) is 5.75 Å². The zero-order valence-corrected chi connectivity index (χ0v) is 10.1. The molecule has 2 heterocycles. The summed E-state index contributed by atoms with van der Waals surface area (Å²) in [5.41, 5.74) is 3.21. The number of rotatable bonds is 3. The highest BCUT2D eigenvalue weighted by molar-refractivity contribution is 5.61. The van der Waals surface area contributed by atoms with Crippen LogP contribution in [0, 0.1) is 0 Å². The Morgan fingerprint density at radius 2 is 2.00 bits per heavy atom. The first kappa shape index (κ1) is 11.0. The number of methoxy groups -OCH3 is 1. The van der Waals surface area contributed by atoms with Gasteiger partial charge in [0.15, 0.2) is 0 Å². The summed E-state index contributed by atoms with van der Waals surface area (Å²) >= 11 is 0. The number of hydrogen-bond donors (Lipinski definition) is 2. The van der Waals surface area contributed by atoms with Crippen LogP contribution >= 0.6 is 0 Å². The molecule has 2 aromatic rings. The molecule has 18 heavy (non-hydrogen) atoms. The molecule has 92 valence electrons. The molecule has 0 atom stereocenters. The second-order valence-electron chi connectivity index (χ2n) is 4.10. The van der Waals surface area contributed by atoms with Crippen molar-refractivity contribution in [3.05, 3.63) is 41.9 Å². The van der Waals surface area contributed by atoms with Crippen LogP contribution in [0.1, 0.15) is 11.3 Å². The van der Waals surface area contributed by atoms with Crippen molar-refractivity contribution >= 4 is 11.5 Å². The number of hydrogen-bond acceptors (Lipinski definition) is 5. The van der Waals surface area contributed by atoms with Crippen LogP contribution in [0.25, 0.3) is 0 Å². The summed E-state index contributed by atoms with van der Waals surface area (Å²) in [7, 11) is 1.66. The molecule has 5 heteroatoms. The van der Waals surface area contributed by atoms with E-state index >= 15 is 0 Å². The topological polar surface area (TPSA) is 59.1 Å². The van der Waals surface area contributed by atoms with Gasteiger partial charge in [-0.1, -0.05) is 0 Å². The Morgan fingerprint density at radius 1 is 1.17 bits per heavy atom. The Balaban J connectivity index is 1.86. The minimum atomic E-state index is 0.814. The molecule has 0 saturated carbocycles. The molecule has 1 aromatic heterocycles. The molecule has 1 aliphatic rings. The maximum Gasteiger partial charge on any atom is 0.138 e. The average molecular weight is 242 g/mol. The molecule has 1 aromatic carbocycles. The standard InChI is InChI=1S/C13H14N4O/c1-18-10-4-2-9(3-5-10)17-13-11-6-14-7-12(11)15-8-16-13/h2-5,8,14H,6-7H2,1H3,(H,15,16,17). The predicted molar refractivity (Wildman–Crippen MR) is 68.9 cm³/mol. The lowest BCUT2D eigenvalue weighted by atomic mass is 10.2. The lowest BCUT2D eigenvalue weighted by Crippen LogP contribution is -2.02. The van der Waals surface area contributed by atoms with E-state index < -0.39 is 0 Å². The molecular weight excluding hydrogens is 228 g/mol. The van der Waals surface area contributed by atoms with Crippen molar-refractivity contribution in [2.75, 3.05) is 12.4 Å². The third kappa shape index (κ3) is 2.00. The van der Waals surface area contributed by atoms with Gasteiger partial charge in [-0.15, -0.1) is 0 Å². The SMILES string of the molecule is COc1ccc(Nc2ncnc3c2CNC3)cc1. The first-order valence-electron chi connectivity index (χ1n) is 5.81. The summed E-state index contributed by atoms with van der Waals surface area (Å²) in [5, 5.41) is 6.58.